The molecule has 148 valence electrons. The van der Waals surface area contributed by atoms with Crippen LogP contribution in [0.15, 0.2) is 0 Å². The molecule has 0 aromatic carbocycles. The lowest BCUT2D eigenvalue weighted by molar-refractivity contribution is -0.145. The van der Waals surface area contributed by atoms with E-state index in [-0.39, 0.29) is 30.8 Å². The van der Waals surface area contributed by atoms with Crippen LogP contribution in [0.5, 0.6) is 0 Å². The number of carbonyl (C=O) groups excluding carboxylic acids is 1. The summed E-state index contributed by atoms with van der Waals surface area (Å²) in [5.74, 6) is -0.257. The van der Waals surface area contributed by atoms with Crippen LogP contribution in [-0.2, 0) is 9.53 Å². The van der Waals surface area contributed by atoms with Gasteiger partial charge >= 0.3 is 5.97 Å². The van der Waals surface area contributed by atoms with Crippen molar-refractivity contribution in [2.45, 2.75) is 96.4 Å². The number of hydrogen-bond donors (Lipinski definition) is 2. The molecule has 4 N–H and O–H groups in total. The zero-order valence-corrected chi connectivity index (χ0v) is 17.1. The predicted octanol–water partition coefficient (Wildman–Crippen LogP) is 4.75. The van der Waals surface area contributed by atoms with Gasteiger partial charge in [0.2, 0.25) is 0 Å². The molecule has 0 radical (unpaired) electrons. The van der Waals surface area contributed by atoms with Gasteiger partial charge in [-0.15, -0.1) is 24.8 Å². The lowest BCUT2D eigenvalue weighted by Gasteiger charge is -2.11. The number of rotatable bonds is 16. The smallest absolute Gasteiger partial charge is 0.322 e. The van der Waals surface area contributed by atoms with Crippen LogP contribution in [-0.4, -0.2) is 25.2 Å². The molecule has 6 heteroatoms. The molecular weight excluding hydrogens is 347 g/mol. The maximum atomic E-state index is 11.6. The van der Waals surface area contributed by atoms with Gasteiger partial charge in [-0.1, -0.05) is 71.1 Å². The fourth-order valence-corrected chi connectivity index (χ4v) is 2.50. The third kappa shape index (κ3) is 20.0. The fraction of sp³-hybridized carbons (Fsp3) is 0.944. The van der Waals surface area contributed by atoms with E-state index >= 15 is 0 Å². The summed E-state index contributed by atoms with van der Waals surface area (Å²) >= 11 is 0. The number of esters is 1. The molecular formula is C18H40Cl2N2O2. The van der Waals surface area contributed by atoms with Gasteiger partial charge in [0.15, 0.2) is 0 Å². The normalized spacial score (nSPS) is 11.3. The minimum Gasteiger partial charge on any atom is -0.465 e. The van der Waals surface area contributed by atoms with Gasteiger partial charge in [0.25, 0.3) is 0 Å². The SMILES string of the molecule is CCCCCCCCCCCCOC(=O)[C@@H](N)CCCCN.Cl.Cl. The second-order valence-corrected chi connectivity index (χ2v) is 6.24. The van der Waals surface area contributed by atoms with Crippen molar-refractivity contribution in [1.29, 1.82) is 0 Å². The Bertz CT molecular complexity index is 257. The molecule has 0 spiro atoms. The molecule has 0 aromatic heterocycles. The Morgan fingerprint density at radius 3 is 1.83 bits per heavy atom. The average molecular weight is 387 g/mol. The quantitative estimate of drug-likeness (QED) is 0.296. The summed E-state index contributed by atoms with van der Waals surface area (Å²) in [5, 5.41) is 0. The standard InChI is InChI=1S/C18H38N2O2.2ClH/c1-2-3-4-5-6-7-8-9-10-13-16-22-18(21)17(20)14-11-12-15-19;;/h17H,2-16,19-20H2,1H3;2*1H/t17-;;/m0../s1. The van der Waals surface area contributed by atoms with Crippen molar-refractivity contribution in [1.82, 2.24) is 0 Å². The highest BCUT2D eigenvalue weighted by Crippen LogP contribution is 2.10. The molecule has 0 heterocycles. The average Bonchev–Trinajstić information content (AvgIpc) is 2.52. The van der Waals surface area contributed by atoms with E-state index in [0.29, 0.717) is 19.6 Å². The van der Waals surface area contributed by atoms with Crippen LogP contribution in [0.3, 0.4) is 0 Å². The summed E-state index contributed by atoms with van der Waals surface area (Å²) < 4.78 is 5.21. The van der Waals surface area contributed by atoms with Crippen LogP contribution < -0.4 is 11.5 Å². The van der Waals surface area contributed by atoms with Crippen LogP contribution in [0.2, 0.25) is 0 Å². The number of carbonyl (C=O) groups is 1. The summed E-state index contributed by atoms with van der Waals surface area (Å²) in [6.07, 6.45) is 15.3. The van der Waals surface area contributed by atoms with E-state index in [1.54, 1.807) is 0 Å². The van der Waals surface area contributed by atoms with Crippen LogP contribution in [0.4, 0.5) is 0 Å². The Hall–Kier alpha value is -0.0300. The first-order chi connectivity index (χ1) is 10.7. The van der Waals surface area contributed by atoms with Crippen molar-refractivity contribution in [2.75, 3.05) is 13.2 Å². The zero-order chi connectivity index (χ0) is 16.5. The molecule has 0 fully saturated rings. The van der Waals surface area contributed by atoms with Gasteiger partial charge in [-0.05, 0) is 25.8 Å². The summed E-state index contributed by atoms with van der Waals surface area (Å²) in [6, 6.07) is -0.477. The number of hydrogen-bond acceptors (Lipinski definition) is 4. The van der Waals surface area contributed by atoms with E-state index in [4.69, 9.17) is 16.2 Å². The molecule has 0 saturated carbocycles. The van der Waals surface area contributed by atoms with Crippen molar-refractivity contribution in [2.24, 2.45) is 11.5 Å². The molecule has 1 atom stereocenters. The van der Waals surface area contributed by atoms with Gasteiger partial charge in [0, 0.05) is 0 Å². The number of halogens is 2. The maximum Gasteiger partial charge on any atom is 0.322 e. The van der Waals surface area contributed by atoms with E-state index in [1.165, 1.54) is 51.4 Å². The van der Waals surface area contributed by atoms with Crippen LogP contribution >= 0.6 is 24.8 Å². The largest absolute Gasteiger partial charge is 0.465 e. The van der Waals surface area contributed by atoms with E-state index in [1.807, 2.05) is 0 Å². The second kappa shape index (κ2) is 23.0. The van der Waals surface area contributed by atoms with E-state index in [9.17, 15) is 4.79 Å². The predicted molar refractivity (Wildman–Crippen MR) is 108 cm³/mol. The Balaban J connectivity index is -0.00000220. The highest BCUT2D eigenvalue weighted by Gasteiger charge is 2.13. The van der Waals surface area contributed by atoms with Crippen molar-refractivity contribution < 1.29 is 9.53 Å². The van der Waals surface area contributed by atoms with Gasteiger partial charge in [-0.25, -0.2) is 0 Å². The van der Waals surface area contributed by atoms with Gasteiger partial charge in [-0.3, -0.25) is 4.79 Å². The van der Waals surface area contributed by atoms with Gasteiger partial charge in [0.05, 0.1) is 6.61 Å². The number of nitrogens with two attached hydrogens (primary N) is 2. The first kappa shape index (κ1) is 28.8. The molecule has 0 aromatic rings. The molecule has 24 heavy (non-hydrogen) atoms. The Labute approximate surface area is 161 Å². The minimum atomic E-state index is -0.477. The second-order valence-electron chi connectivity index (χ2n) is 6.24. The monoisotopic (exact) mass is 386 g/mol. The molecule has 0 aliphatic rings. The van der Waals surface area contributed by atoms with Crippen LogP contribution in [0.1, 0.15) is 90.4 Å². The first-order valence-electron chi connectivity index (χ1n) is 9.34. The molecule has 0 bridgehead atoms. The molecule has 0 saturated heterocycles. The topological polar surface area (TPSA) is 78.3 Å². The molecule has 4 nitrogen and oxygen atoms in total. The number of unbranched alkanes of at least 4 members (excludes halogenated alkanes) is 10. The highest BCUT2D eigenvalue weighted by molar-refractivity contribution is 5.85. The van der Waals surface area contributed by atoms with E-state index in [0.717, 1.165) is 25.7 Å². The van der Waals surface area contributed by atoms with Crippen molar-refractivity contribution in [3.05, 3.63) is 0 Å². The zero-order valence-electron chi connectivity index (χ0n) is 15.5. The van der Waals surface area contributed by atoms with Crippen LogP contribution in [0, 0.1) is 0 Å². The third-order valence-corrected chi connectivity index (χ3v) is 4.01. The Kier molecular flexibility index (Phi) is 27.5. The number of ether oxygens (including phenoxy) is 1. The van der Waals surface area contributed by atoms with Gasteiger partial charge in [-0.2, -0.15) is 0 Å². The summed E-state index contributed by atoms with van der Waals surface area (Å²) in [7, 11) is 0. The summed E-state index contributed by atoms with van der Waals surface area (Å²) in [4.78, 5) is 11.6. The molecule has 0 aliphatic heterocycles. The lowest BCUT2D eigenvalue weighted by atomic mass is 10.1. The van der Waals surface area contributed by atoms with E-state index in [2.05, 4.69) is 6.92 Å². The lowest BCUT2D eigenvalue weighted by Crippen LogP contribution is -2.32. The Morgan fingerprint density at radius 1 is 0.833 bits per heavy atom. The summed E-state index contributed by atoms with van der Waals surface area (Å²) in [5.41, 5.74) is 11.2. The van der Waals surface area contributed by atoms with Crippen LogP contribution in [0.25, 0.3) is 0 Å². The maximum absolute atomic E-state index is 11.6. The highest BCUT2D eigenvalue weighted by atomic mass is 35.5. The minimum absolute atomic E-state index is 0. The van der Waals surface area contributed by atoms with Crippen molar-refractivity contribution in [3.63, 3.8) is 0 Å². The molecule has 0 amide bonds. The fourth-order valence-electron chi connectivity index (χ4n) is 2.50. The van der Waals surface area contributed by atoms with E-state index < -0.39 is 6.04 Å². The molecule has 0 rings (SSSR count). The van der Waals surface area contributed by atoms with Crippen molar-refractivity contribution in [3.8, 4) is 0 Å². The van der Waals surface area contributed by atoms with Gasteiger partial charge in [0.1, 0.15) is 6.04 Å². The third-order valence-electron chi connectivity index (χ3n) is 4.01. The van der Waals surface area contributed by atoms with Crippen molar-refractivity contribution >= 4 is 30.8 Å². The Morgan fingerprint density at radius 2 is 1.33 bits per heavy atom. The molecule has 0 unspecified atom stereocenters. The first-order valence-corrected chi connectivity index (χ1v) is 9.34. The molecule has 0 aliphatic carbocycles. The van der Waals surface area contributed by atoms with Gasteiger partial charge < -0.3 is 16.2 Å². The summed E-state index contributed by atoms with van der Waals surface area (Å²) in [6.45, 7) is 3.42.